The summed E-state index contributed by atoms with van der Waals surface area (Å²) in [5.41, 5.74) is 10.1. The van der Waals surface area contributed by atoms with Gasteiger partial charge in [-0.1, -0.05) is 92.7 Å². The van der Waals surface area contributed by atoms with E-state index in [-0.39, 0.29) is 36.8 Å². The van der Waals surface area contributed by atoms with Gasteiger partial charge in [0.25, 0.3) is 5.91 Å². The molecule has 0 aliphatic carbocycles. The summed E-state index contributed by atoms with van der Waals surface area (Å²) < 4.78 is 5.88. The highest BCUT2D eigenvalue weighted by molar-refractivity contribution is 5.81. The maximum absolute atomic E-state index is 13.0. The zero-order chi connectivity index (χ0) is 29.8. The van der Waals surface area contributed by atoms with Gasteiger partial charge < -0.3 is 26.2 Å². The van der Waals surface area contributed by atoms with Gasteiger partial charge >= 0.3 is 0 Å². The van der Waals surface area contributed by atoms with Gasteiger partial charge in [0.2, 0.25) is 5.91 Å². The zero-order valence-electron chi connectivity index (χ0n) is 24.7. The highest BCUT2D eigenvalue weighted by Gasteiger charge is 2.28. The number of ether oxygens (including phenoxy) is 1. The maximum Gasteiger partial charge on any atom is 0.258 e. The van der Waals surface area contributed by atoms with E-state index in [1.165, 1.54) is 0 Å². The molecule has 0 saturated carbocycles. The summed E-state index contributed by atoms with van der Waals surface area (Å²) in [4.78, 5) is 26.0. The monoisotopic (exact) mass is 559 g/mol. The van der Waals surface area contributed by atoms with Gasteiger partial charge in [0.1, 0.15) is 5.75 Å². The Morgan fingerprint density at radius 2 is 1.37 bits per heavy atom. The van der Waals surface area contributed by atoms with E-state index >= 15 is 0 Å². The van der Waals surface area contributed by atoms with Crippen LogP contribution in [-0.4, -0.2) is 47.8 Å². The number of hydrogen-bond acceptors (Lipinski definition) is 5. The molecule has 0 fully saturated rings. The summed E-state index contributed by atoms with van der Waals surface area (Å²) in [7, 11) is 0. The van der Waals surface area contributed by atoms with Crippen molar-refractivity contribution in [1.82, 2.24) is 10.6 Å². The minimum absolute atomic E-state index is 0.138. The largest absolute Gasteiger partial charge is 0.483 e. The molecule has 3 aromatic carbocycles. The number of benzene rings is 3. The lowest BCUT2D eigenvalue weighted by Crippen LogP contribution is -2.53. The average Bonchev–Trinajstić information content (AvgIpc) is 2.93. The van der Waals surface area contributed by atoms with E-state index < -0.39 is 18.2 Å². The topological polar surface area (TPSA) is 114 Å². The van der Waals surface area contributed by atoms with Crippen LogP contribution in [0.3, 0.4) is 0 Å². The molecular formula is C34H45N3O4. The molecule has 5 N–H and O–H groups in total. The molecule has 3 aromatic rings. The van der Waals surface area contributed by atoms with Crippen molar-refractivity contribution in [3.63, 3.8) is 0 Å². The number of para-hydroxylation sites is 1. The number of carbonyl (C=O) groups excluding carboxylic acids is 2. The first-order chi connectivity index (χ1) is 19.6. The number of aliphatic hydroxyl groups is 1. The van der Waals surface area contributed by atoms with Crippen LogP contribution in [0.4, 0.5) is 0 Å². The fourth-order valence-electron chi connectivity index (χ4n) is 5.04. The van der Waals surface area contributed by atoms with Crippen LogP contribution in [0.1, 0.15) is 48.9 Å². The number of aryl methyl sites for hydroxylation is 2. The third-order valence-corrected chi connectivity index (χ3v) is 7.13. The number of nitrogens with two attached hydrogens (primary N) is 1. The first-order valence-electron chi connectivity index (χ1n) is 14.4. The second-order valence-electron chi connectivity index (χ2n) is 11.3. The molecule has 0 spiro atoms. The van der Waals surface area contributed by atoms with E-state index in [9.17, 15) is 14.7 Å². The molecule has 0 aliphatic heterocycles. The predicted octanol–water partition coefficient (Wildman–Crippen LogP) is 4.26. The molecule has 7 heteroatoms. The summed E-state index contributed by atoms with van der Waals surface area (Å²) in [5, 5.41) is 17.6. The zero-order valence-corrected chi connectivity index (χ0v) is 24.7. The Balaban J connectivity index is 1.75. The van der Waals surface area contributed by atoms with Crippen molar-refractivity contribution < 1.29 is 19.4 Å². The fraction of sp³-hybridized carbons (Fsp3) is 0.412. The molecule has 0 radical (unpaired) electrons. The van der Waals surface area contributed by atoms with Gasteiger partial charge in [-0.2, -0.15) is 0 Å². The van der Waals surface area contributed by atoms with Crippen LogP contribution in [-0.2, 0) is 22.4 Å². The van der Waals surface area contributed by atoms with Gasteiger partial charge in [0.15, 0.2) is 6.61 Å². The van der Waals surface area contributed by atoms with Crippen LogP contribution < -0.4 is 21.1 Å². The molecule has 41 heavy (non-hydrogen) atoms. The third kappa shape index (κ3) is 10.7. The number of nitrogens with one attached hydrogen (secondary N) is 2. The summed E-state index contributed by atoms with van der Waals surface area (Å²) >= 11 is 0. The standard InChI is InChI=1S/C34H45N3O4/c1-23(2)18-29(35)34(40)37-30(20-27-16-9-6-10-17-27)31(38)21-28(19-26-14-7-5-8-15-26)36-32(39)22-41-33-24(3)12-11-13-25(33)4/h5-17,23,28-31,38H,18-22,35H2,1-4H3,(H,36,39)(H,37,40)/t28-,29-,30-,31-/m0/s1. The second-order valence-corrected chi connectivity index (χ2v) is 11.3. The highest BCUT2D eigenvalue weighted by Crippen LogP contribution is 2.22. The number of aliphatic hydroxyl groups excluding tert-OH is 1. The summed E-state index contributed by atoms with van der Waals surface area (Å²) in [6.07, 6.45) is 0.809. The van der Waals surface area contributed by atoms with Crippen LogP contribution >= 0.6 is 0 Å². The number of amides is 2. The summed E-state index contributed by atoms with van der Waals surface area (Å²) in [5.74, 6) is 0.405. The minimum atomic E-state index is -0.932. The van der Waals surface area contributed by atoms with E-state index in [0.29, 0.717) is 25.0 Å². The SMILES string of the molecule is Cc1cccc(C)c1OCC(=O)N[C@@H](Cc1ccccc1)C[C@H](O)[C@H](Cc1ccccc1)NC(=O)[C@@H](N)CC(C)C. The van der Waals surface area contributed by atoms with Crippen LogP contribution in [0.2, 0.25) is 0 Å². The number of hydrogen-bond donors (Lipinski definition) is 4. The molecule has 220 valence electrons. The Hall–Kier alpha value is -3.68. The molecule has 4 atom stereocenters. The van der Waals surface area contributed by atoms with Crippen molar-refractivity contribution in [2.24, 2.45) is 11.7 Å². The van der Waals surface area contributed by atoms with Crippen molar-refractivity contribution in [2.75, 3.05) is 6.61 Å². The third-order valence-electron chi connectivity index (χ3n) is 7.13. The van der Waals surface area contributed by atoms with Crippen LogP contribution in [0, 0.1) is 19.8 Å². The van der Waals surface area contributed by atoms with Crippen LogP contribution in [0.15, 0.2) is 78.9 Å². The summed E-state index contributed by atoms with van der Waals surface area (Å²) in [6.45, 7) is 7.79. The molecule has 7 nitrogen and oxygen atoms in total. The highest BCUT2D eigenvalue weighted by atomic mass is 16.5. The Morgan fingerprint density at radius 3 is 1.93 bits per heavy atom. The quantitative estimate of drug-likeness (QED) is 0.222. The van der Waals surface area contributed by atoms with E-state index in [0.717, 1.165) is 22.3 Å². The minimum Gasteiger partial charge on any atom is -0.483 e. The fourth-order valence-corrected chi connectivity index (χ4v) is 5.04. The van der Waals surface area contributed by atoms with Crippen molar-refractivity contribution in [3.8, 4) is 5.75 Å². The van der Waals surface area contributed by atoms with Crippen molar-refractivity contribution in [2.45, 2.75) is 77.6 Å². The Morgan fingerprint density at radius 1 is 0.805 bits per heavy atom. The molecule has 2 amide bonds. The lowest BCUT2D eigenvalue weighted by atomic mass is 9.93. The van der Waals surface area contributed by atoms with Gasteiger partial charge in [-0.25, -0.2) is 0 Å². The van der Waals surface area contributed by atoms with E-state index in [1.54, 1.807) is 0 Å². The molecule has 3 rings (SSSR count). The molecule has 0 aromatic heterocycles. The first-order valence-corrected chi connectivity index (χ1v) is 14.4. The van der Waals surface area contributed by atoms with E-state index in [4.69, 9.17) is 10.5 Å². The molecule has 0 unspecified atom stereocenters. The maximum atomic E-state index is 13.0. The normalized spacial score (nSPS) is 14.1. The molecule has 0 bridgehead atoms. The lowest BCUT2D eigenvalue weighted by Gasteiger charge is -2.29. The lowest BCUT2D eigenvalue weighted by molar-refractivity contribution is -0.125. The number of rotatable bonds is 15. The molecule has 0 saturated heterocycles. The summed E-state index contributed by atoms with van der Waals surface area (Å²) in [6, 6.07) is 23.8. The van der Waals surface area contributed by atoms with Gasteiger partial charge in [-0.15, -0.1) is 0 Å². The molecular weight excluding hydrogens is 514 g/mol. The molecule has 0 aliphatic rings. The Labute approximate surface area is 244 Å². The van der Waals surface area contributed by atoms with Crippen molar-refractivity contribution >= 4 is 11.8 Å². The van der Waals surface area contributed by atoms with E-state index in [2.05, 4.69) is 10.6 Å². The number of carbonyl (C=O) groups is 2. The van der Waals surface area contributed by atoms with Gasteiger partial charge in [0, 0.05) is 6.04 Å². The van der Waals surface area contributed by atoms with Crippen LogP contribution in [0.25, 0.3) is 0 Å². The van der Waals surface area contributed by atoms with Gasteiger partial charge in [0.05, 0.1) is 18.2 Å². The first kappa shape index (κ1) is 31.8. The smallest absolute Gasteiger partial charge is 0.258 e. The second kappa shape index (κ2) is 15.9. The van der Waals surface area contributed by atoms with Crippen molar-refractivity contribution in [1.29, 1.82) is 0 Å². The molecule has 0 heterocycles. The average molecular weight is 560 g/mol. The van der Waals surface area contributed by atoms with Gasteiger partial charge in [-0.3, -0.25) is 9.59 Å². The Bertz CT molecular complexity index is 1210. The van der Waals surface area contributed by atoms with Crippen LogP contribution in [0.5, 0.6) is 5.75 Å². The van der Waals surface area contributed by atoms with Gasteiger partial charge in [-0.05, 0) is 67.7 Å². The predicted molar refractivity (Wildman–Crippen MR) is 164 cm³/mol. The van der Waals surface area contributed by atoms with E-state index in [1.807, 2.05) is 107 Å². The van der Waals surface area contributed by atoms with Crippen molar-refractivity contribution in [3.05, 3.63) is 101 Å². The Kier molecular flexibility index (Phi) is 12.4.